The van der Waals surface area contributed by atoms with E-state index in [0.717, 1.165) is 5.69 Å². The number of aryl methyl sites for hydroxylation is 1. The van der Waals surface area contributed by atoms with E-state index in [1.807, 2.05) is 0 Å². The molecule has 0 saturated heterocycles. The van der Waals surface area contributed by atoms with Crippen LogP contribution >= 0.6 is 0 Å². The average molecular weight is 178 g/mol. The monoisotopic (exact) mass is 178 g/mol. The molecule has 0 radical (unpaired) electrons. The molecule has 0 N–H and O–H groups in total. The van der Waals surface area contributed by atoms with E-state index in [2.05, 4.69) is 44.6 Å². The van der Waals surface area contributed by atoms with E-state index < -0.39 is 0 Å². The third-order valence-corrected chi connectivity index (χ3v) is 2.24. The summed E-state index contributed by atoms with van der Waals surface area (Å²) in [7, 11) is 0. The average Bonchev–Trinajstić information content (AvgIpc) is 2.02. The molecule has 0 amide bonds. The Hall–Kier alpha value is -0.920. The predicted molar refractivity (Wildman–Crippen MR) is 54.9 cm³/mol. The molecule has 0 aliphatic carbocycles. The van der Waals surface area contributed by atoms with Gasteiger partial charge >= 0.3 is 0 Å². The fraction of sp³-hybridized carbons (Fsp3) is 0.636. The largest absolute Gasteiger partial charge is 0.241 e. The van der Waals surface area contributed by atoms with E-state index in [9.17, 15) is 0 Å². The van der Waals surface area contributed by atoms with E-state index in [0.29, 0.717) is 11.8 Å². The molecule has 0 atom stereocenters. The molecule has 2 nitrogen and oxygen atoms in total. The first-order valence-electron chi connectivity index (χ1n) is 4.85. The second-order valence-corrected chi connectivity index (χ2v) is 4.07. The highest BCUT2D eigenvalue weighted by Gasteiger charge is 2.13. The van der Waals surface area contributed by atoms with Crippen molar-refractivity contribution >= 4 is 0 Å². The molecule has 72 valence electrons. The number of hydrogen-bond donors (Lipinski definition) is 0. The summed E-state index contributed by atoms with van der Waals surface area (Å²) >= 11 is 0. The van der Waals surface area contributed by atoms with Crippen LogP contribution in [0.15, 0.2) is 6.33 Å². The van der Waals surface area contributed by atoms with Gasteiger partial charge in [0.05, 0.1) is 0 Å². The minimum atomic E-state index is 0.485. The van der Waals surface area contributed by atoms with Gasteiger partial charge in [-0.3, -0.25) is 0 Å². The fourth-order valence-electron chi connectivity index (χ4n) is 1.68. The minimum Gasteiger partial charge on any atom is -0.241 e. The van der Waals surface area contributed by atoms with Gasteiger partial charge in [0.15, 0.2) is 0 Å². The van der Waals surface area contributed by atoms with Gasteiger partial charge in [-0.1, -0.05) is 27.7 Å². The molecule has 0 bridgehead atoms. The number of nitrogens with zero attached hydrogens (tertiary/aromatic N) is 2. The van der Waals surface area contributed by atoms with Gasteiger partial charge in [-0.2, -0.15) is 0 Å². The Morgan fingerprint density at radius 3 is 2.00 bits per heavy atom. The molecule has 2 heteroatoms. The smallest absolute Gasteiger partial charge is 0.115 e. The Kier molecular flexibility index (Phi) is 3.02. The predicted octanol–water partition coefficient (Wildman–Crippen LogP) is 3.03. The summed E-state index contributed by atoms with van der Waals surface area (Å²) in [6.45, 7) is 10.8. The highest BCUT2D eigenvalue weighted by atomic mass is 14.8. The summed E-state index contributed by atoms with van der Waals surface area (Å²) < 4.78 is 0. The van der Waals surface area contributed by atoms with Gasteiger partial charge in [-0.25, -0.2) is 9.97 Å². The third-order valence-electron chi connectivity index (χ3n) is 2.24. The van der Waals surface area contributed by atoms with Crippen molar-refractivity contribution in [1.82, 2.24) is 9.97 Å². The number of aromatic nitrogens is 2. The number of rotatable bonds is 2. The van der Waals surface area contributed by atoms with E-state index in [1.165, 1.54) is 11.3 Å². The molecule has 0 aliphatic heterocycles. The van der Waals surface area contributed by atoms with Crippen LogP contribution in [0.3, 0.4) is 0 Å². The minimum absolute atomic E-state index is 0.485. The highest BCUT2D eigenvalue weighted by molar-refractivity contribution is 5.28. The maximum atomic E-state index is 4.35. The fourth-order valence-corrected chi connectivity index (χ4v) is 1.68. The van der Waals surface area contributed by atoms with Crippen LogP contribution in [0.2, 0.25) is 0 Å². The Bertz CT molecular complexity index is 290. The quantitative estimate of drug-likeness (QED) is 0.695. The molecule has 0 fully saturated rings. The maximum absolute atomic E-state index is 4.35. The van der Waals surface area contributed by atoms with Gasteiger partial charge in [0.2, 0.25) is 0 Å². The van der Waals surface area contributed by atoms with Gasteiger partial charge in [-0.15, -0.1) is 0 Å². The zero-order valence-electron chi connectivity index (χ0n) is 9.13. The summed E-state index contributed by atoms with van der Waals surface area (Å²) in [6, 6.07) is 0. The third kappa shape index (κ3) is 2.06. The van der Waals surface area contributed by atoms with E-state index in [-0.39, 0.29) is 0 Å². The van der Waals surface area contributed by atoms with E-state index in [4.69, 9.17) is 0 Å². The van der Waals surface area contributed by atoms with Crippen LogP contribution in [0.5, 0.6) is 0 Å². The second kappa shape index (κ2) is 3.86. The Labute approximate surface area is 80.4 Å². The molecule has 0 aromatic carbocycles. The molecule has 1 aromatic heterocycles. The topological polar surface area (TPSA) is 25.8 Å². The Morgan fingerprint density at radius 2 is 1.62 bits per heavy atom. The van der Waals surface area contributed by atoms with Crippen molar-refractivity contribution in [3.63, 3.8) is 0 Å². The second-order valence-electron chi connectivity index (χ2n) is 4.07. The zero-order valence-corrected chi connectivity index (χ0v) is 9.13. The van der Waals surface area contributed by atoms with Crippen molar-refractivity contribution in [2.75, 3.05) is 0 Å². The van der Waals surface area contributed by atoms with Crippen molar-refractivity contribution in [2.24, 2.45) is 0 Å². The van der Waals surface area contributed by atoms with Crippen LogP contribution in [0.25, 0.3) is 0 Å². The summed E-state index contributed by atoms with van der Waals surface area (Å²) in [6.07, 6.45) is 1.66. The molecule has 1 aromatic rings. The van der Waals surface area contributed by atoms with Gasteiger partial charge in [0.25, 0.3) is 0 Å². The van der Waals surface area contributed by atoms with Crippen LogP contribution in [-0.2, 0) is 0 Å². The first-order valence-corrected chi connectivity index (χ1v) is 4.85. The van der Waals surface area contributed by atoms with E-state index >= 15 is 0 Å². The molecule has 0 spiro atoms. The molecular weight excluding hydrogens is 160 g/mol. The molecule has 1 heterocycles. The normalized spacial score (nSPS) is 11.3. The molecule has 0 unspecified atom stereocenters. The Balaban J connectivity index is 3.26. The first-order chi connectivity index (χ1) is 6.04. The van der Waals surface area contributed by atoms with Crippen molar-refractivity contribution in [3.05, 3.63) is 23.3 Å². The lowest BCUT2D eigenvalue weighted by atomic mass is 9.94. The van der Waals surface area contributed by atoms with Crippen molar-refractivity contribution in [3.8, 4) is 0 Å². The van der Waals surface area contributed by atoms with Crippen molar-refractivity contribution < 1.29 is 0 Å². The SMILES string of the molecule is Cc1ncnc(C(C)C)c1C(C)C. The number of hydrogen-bond acceptors (Lipinski definition) is 2. The van der Waals surface area contributed by atoms with Crippen molar-refractivity contribution in [1.29, 1.82) is 0 Å². The Morgan fingerprint density at radius 1 is 1.00 bits per heavy atom. The maximum Gasteiger partial charge on any atom is 0.115 e. The van der Waals surface area contributed by atoms with Crippen LogP contribution in [-0.4, -0.2) is 9.97 Å². The molecule has 13 heavy (non-hydrogen) atoms. The first kappa shape index (κ1) is 10.2. The molecule has 0 aliphatic rings. The lowest BCUT2D eigenvalue weighted by Crippen LogP contribution is -2.05. The summed E-state index contributed by atoms with van der Waals surface area (Å²) in [5.74, 6) is 0.998. The van der Waals surface area contributed by atoms with Crippen LogP contribution < -0.4 is 0 Å². The lowest BCUT2D eigenvalue weighted by molar-refractivity contribution is 0.736. The standard InChI is InChI=1S/C11H18N2/c1-7(2)10-9(5)12-6-13-11(10)8(3)4/h6-8H,1-5H3. The molecular formula is C11H18N2. The summed E-state index contributed by atoms with van der Waals surface area (Å²) in [5, 5.41) is 0. The van der Waals surface area contributed by atoms with Crippen molar-refractivity contribution in [2.45, 2.75) is 46.5 Å². The van der Waals surface area contributed by atoms with Crippen LogP contribution in [0, 0.1) is 6.92 Å². The van der Waals surface area contributed by atoms with Crippen LogP contribution in [0.4, 0.5) is 0 Å². The van der Waals surface area contributed by atoms with Gasteiger partial charge in [0.1, 0.15) is 6.33 Å². The van der Waals surface area contributed by atoms with Gasteiger partial charge in [0, 0.05) is 11.4 Å². The zero-order chi connectivity index (χ0) is 10.0. The lowest BCUT2D eigenvalue weighted by Gasteiger charge is -2.15. The van der Waals surface area contributed by atoms with Gasteiger partial charge < -0.3 is 0 Å². The van der Waals surface area contributed by atoms with Crippen LogP contribution in [0.1, 0.15) is 56.5 Å². The van der Waals surface area contributed by atoms with Gasteiger partial charge in [-0.05, 0) is 24.3 Å². The van der Waals surface area contributed by atoms with E-state index in [1.54, 1.807) is 6.33 Å². The summed E-state index contributed by atoms with van der Waals surface area (Å²) in [5.41, 5.74) is 3.63. The molecule has 0 saturated carbocycles. The summed E-state index contributed by atoms with van der Waals surface area (Å²) in [4.78, 5) is 8.58. The molecule has 1 rings (SSSR count). The highest BCUT2D eigenvalue weighted by Crippen LogP contribution is 2.25.